The van der Waals surface area contributed by atoms with Crippen molar-refractivity contribution in [3.63, 3.8) is 0 Å². The Kier molecular flexibility index (Phi) is 3.81. The van der Waals surface area contributed by atoms with Gasteiger partial charge in [0.25, 0.3) is 0 Å². The number of para-hydroxylation sites is 1. The second-order valence-corrected chi connectivity index (χ2v) is 4.30. The van der Waals surface area contributed by atoms with Crippen molar-refractivity contribution in [2.24, 2.45) is 0 Å². The number of aryl methyl sites for hydroxylation is 2. The number of hydrogen-bond acceptors (Lipinski definition) is 1. The number of benzene rings is 2. The quantitative estimate of drug-likeness (QED) is 0.767. The predicted octanol–water partition coefficient (Wildman–Crippen LogP) is 3.92. The van der Waals surface area contributed by atoms with Crippen LogP contribution < -0.4 is 4.74 Å². The lowest BCUT2D eigenvalue weighted by molar-refractivity contribution is 0.317. The zero-order chi connectivity index (χ0) is 12.1. The highest BCUT2D eigenvalue weighted by Gasteiger charge is 2.02. The molecule has 0 radical (unpaired) electrons. The van der Waals surface area contributed by atoms with Crippen LogP contribution in [0.4, 0.5) is 0 Å². The predicted molar refractivity (Wildman–Crippen MR) is 71.6 cm³/mol. The van der Waals surface area contributed by atoms with Crippen molar-refractivity contribution in [1.82, 2.24) is 0 Å². The molecular formula is C16H18O. The van der Waals surface area contributed by atoms with Gasteiger partial charge in [0.05, 0.1) is 6.61 Å². The Labute approximate surface area is 103 Å². The Morgan fingerprint density at radius 2 is 1.47 bits per heavy atom. The van der Waals surface area contributed by atoms with E-state index < -0.39 is 0 Å². The first kappa shape index (κ1) is 11.7. The van der Waals surface area contributed by atoms with E-state index in [9.17, 15) is 0 Å². The van der Waals surface area contributed by atoms with Crippen molar-refractivity contribution in [2.45, 2.75) is 20.3 Å². The lowest BCUT2D eigenvalue weighted by Gasteiger charge is -2.11. The topological polar surface area (TPSA) is 9.23 Å². The van der Waals surface area contributed by atoms with Crippen LogP contribution in [-0.2, 0) is 6.42 Å². The molecule has 0 aromatic heterocycles. The van der Waals surface area contributed by atoms with E-state index in [4.69, 9.17) is 4.74 Å². The van der Waals surface area contributed by atoms with Gasteiger partial charge in [-0.3, -0.25) is 0 Å². The van der Waals surface area contributed by atoms with Crippen LogP contribution >= 0.6 is 0 Å². The first-order valence-electron chi connectivity index (χ1n) is 6.00. The maximum atomic E-state index is 5.87. The minimum Gasteiger partial charge on any atom is -0.493 e. The van der Waals surface area contributed by atoms with E-state index in [1.165, 1.54) is 16.7 Å². The van der Waals surface area contributed by atoms with Crippen LogP contribution in [0, 0.1) is 13.8 Å². The van der Waals surface area contributed by atoms with Gasteiger partial charge in [0.1, 0.15) is 5.75 Å². The highest BCUT2D eigenvalue weighted by molar-refractivity contribution is 5.39. The Bertz CT molecular complexity index is 454. The van der Waals surface area contributed by atoms with Crippen molar-refractivity contribution in [2.75, 3.05) is 6.61 Å². The van der Waals surface area contributed by atoms with E-state index in [1.807, 2.05) is 6.07 Å². The average molecular weight is 226 g/mol. The van der Waals surface area contributed by atoms with Gasteiger partial charge in [-0.1, -0.05) is 48.5 Å². The monoisotopic (exact) mass is 226 g/mol. The maximum absolute atomic E-state index is 5.87. The number of hydrogen-bond donors (Lipinski definition) is 0. The van der Waals surface area contributed by atoms with E-state index in [-0.39, 0.29) is 0 Å². The number of rotatable bonds is 4. The molecule has 2 rings (SSSR count). The molecule has 2 aromatic carbocycles. The van der Waals surface area contributed by atoms with Gasteiger partial charge in [-0.15, -0.1) is 0 Å². The molecule has 0 bridgehead atoms. The summed E-state index contributed by atoms with van der Waals surface area (Å²) in [5.74, 6) is 1.03. The standard InChI is InChI=1S/C16H18O/c1-13-7-6-8-14(2)16(13)17-12-11-15-9-4-3-5-10-15/h3-10H,11-12H2,1-2H3. The third-order valence-electron chi connectivity index (χ3n) is 2.89. The van der Waals surface area contributed by atoms with Crippen LogP contribution in [0.5, 0.6) is 5.75 Å². The number of ether oxygens (including phenoxy) is 1. The molecule has 0 spiro atoms. The van der Waals surface area contributed by atoms with Crippen LogP contribution in [0.2, 0.25) is 0 Å². The zero-order valence-electron chi connectivity index (χ0n) is 10.4. The zero-order valence-corrected chi connectivity index (χ0v) is 10.4. The van der Waals surface area contributed by atoms with Crippen LogP contribution in [0.25, 0.3) is 0 Å². The summed E-state index contributed by atoms with van der Waals surface area (Å²) in [5, 5.41) is 0. The summed E-state index contributed by atoms with van der Waals surface area (Å²) in [4.78, 5) is 0. The second kappa shape index (κ2) is 5.53. The molecule has 0 saturated heterocycles. The second-order valence-electron chi connectivity index (χ2n) is 4.30. The minimum absolute atomic E-state index is 0.732. The largest absolute Gasteiger partial charge is 0.493 e. The van der Waals surface area contributed by atoms with Gasteiger partial charge < -0.3 is 4.74 Å². The van der Waals surface area contributed by atoms with Gasteiger partial charge in [0.15, 0.2) is 0 Å². The van der Waals surface area contributed by atoms with Gasteiger partial charge in [0, 0.05) is 6.42 Å². The molecule has 0 N–H and O–H groups in total. The molecule has 17 heavy (non-hydrogen) atoms. The van der Waals surface area contributed by atoms with Crippen molar-refractivity contribution >= 4 is 0 Å². The Morgan fingerprint density at radius 3 is 2.12 bits per heavy atom. The third kappa shape index (κ3) is 3.10. The molecule has 0 aliphatic rings. The fraction of sp³-hybridized carbons (Fsp3) is 0.250. The van der Waals surface area contributed by atoms with E-state index in [0.717, 1.165) is 18.8 Å². The van der Waals surface area contributed by atoms with Crippen LogP contribution in [0.3, 0.4) is 0 Å². The first-order chi connectivity index (χ1) is 8.27. The van der Waals surface area contributed by atoms with E-state index >= 15 is 0 Å². The minimum atomic E-state index is 0.732. The molecule has 0 aliphatic carbocycles. The van der Waals surface area contributed by atoms with E-state index in [2.05, 4.69) is 56.3 Å². The molecule has 0 heterocycles. The molecule has 0 unspecified atom stereocenters. The smallest absolute Gasteiger partial charge is 0.125 e. The highest BCUT2D eigenvalue weighted by atomic mass is 16.5. The van der Waals surface area contributed by atoms with Gasteiger partial charge in [-0.25, -0.2) is 0 Å². The van der Waals surface area contributed by atoms with Gasteiger partial charge in [-0.2, -0.15) is 0 Å². The molecule has 0 fully saturated rings. The fourth-order valence-electron chi connectivity index (χ4n) is 1.94. The van der Waals surface area contributed by atoms with Crippen molar-refractivity contribution in [3.05, 3.63) is 65.2 Å². The summed E-state index contributed by atoms with van der Waals surface area (Å²) in [5.41, 5.74) is 3.73. The van der Waals surface area contributed by atoms with Crippen molar-refractivity contribution < 1.29 is 4.74 Å². The van der Waals surface area contributed by atoms with E-state index in [1.54, 1.807) is 0 Å². The van der Waals surface area contributed by atoms with E-state index in [0.29, 0.717) is 0 Å². The SMILES string of the molecule is Cc1cccc(C)c1OCCc1ccccc1. The highest BCUT2D eigenvalue weighted by Crippen LogP contribution is 2.22. The van der Waals surface area contributed by atoms with Crippen LogP contribution in [0.15, 0.2) is 48.5 Å². The molecule has 0 saturated carbocycles. The van der Waals surface area contributed by atoms with Crippen molar-refractivity contribution in [1.29, 1.82) is 0 Å². The summed E-state index contributed by atoms with van der Waals surface area (Å²) >= 11 is 0. The maximum Gasteiger partial charge on any atom is 0.125 e. The summed E-state index contributed by atoms with van der Waals surface area (Å²) in [6.07, 6.45) is 0.953. The van der Waals surface area contributed by atoms with Gasteiger partial charge in [0.2, 0.25) is 0 Å². The lowest BCUT2D eigenvalue weighted by Crippen LogP contribution is -2.03. The molecule has 0 atom stereocenters. The summed E-state index contributed by atoms with van der Waals surface area (Å²) < 4.78 is 5.87. The fourth-order valence-corrected chi connectivity index (χ4v) is 1.94. The Balaban J connectivity index is 1.95. The third-order valence-corrected chi connectivity index (χ3v) is 2.89. The molecule has 88 valence electrons. The molecular weight excluding hydrogens is 208 g/mol. The van der Waals surface area contributed by atoms with Crippen molar-refractivity contribution in [3.8, 4) is 5.75 Å². The molecule has 1 heteroatoms. The molecule has 0 amide bonds. The van der Waals surface area contributed by atoms with Crippen LogP contribution in [0.1, 0.15) is 16.7 Å². The average Bonchev–Trinajstić information content (AvgIpc) is 2.34. The summed E-state index contributed by atoms with van der Waals surface area (Å²) in [7, 11) is 0. The Morgan fingerprint density at radius 1 is 0.824 bits per heavy atom. The lowest BCUT2D eigenvalue weighted by atomic mass is 10.1. The van der Waals surface area contributed by atoms with Gasteiger partial charge >= 0.3 is 0 Å². The normalized spacial score (nSPS) is 10.2. The summed E-state index contributed by atoms with van der Waals surface area (Å²) in [6, 6.07) is 16.7. The molecule has 0 aliphatic heterocycles. The van der Waals surface area contributed by atoms with Gasteiger partial charge in [-0.05, 0) is 30.5 Å². The molecule has 2 aromatic rings. The first-order valence-corrected chi connectivity index (χ1v) is 6.00. The summed E-state index contributed by atoms with van der Waals surface area (Å²) in [6.45, 7) is 4.91. The molecule has 1 nitrogen and oxygen atoms in total. The Hall–Kier alpha value is -1.76. The van der Waals surface area contributed by atoms with Crippen LogP contribution in [-0.4, -0.2) is 6.61 Å².